The third-order valence-corrected chi connectivity index (χ3v) is 4.26. The predicted molar refractivity (Wildman–Crippen MR) is 65.2 cm³/mol. The first kappa shape index (κ1) is 13.0. The molecule has 0 aliphatic heterocycles. The summed E-state index contributed by atoms with van der Waals surface area (Å²) in [6, 6.07) is 0. The van der Waals surface area contributed by atoms with Crippen molar-refractivity contribution >= 4 is 21.9 Å². The van der Waals surface area contributed by atoms with Crippen LogP contribution in [-0.4, -0.2) is 17.4 Å². The molecule has 2 atom stereocenters. The molecule has 0 saturated heterocycles. The van der Waals surface area contributed by atoms with Crippen molar-refractivity contribution in [3.8, 4) is 0 Å². The second-order valence-corrected chi connectivity index (χ2v) is 5.45. The molecule has 1 saturated carbocycles. The summed E-state index contributed by atoms with van der Waals surface area (Å²) in [5.74, 6) is 0.442. The number of ether oxygens (including phenoxy) is 1. The molecule has 3 heteroatoms. The summed E-state index contributed by atoms with van der Waals surface area (Å²) in [5.41, 5.74) is 0. The van der Waals surface area contributed by atoms with E-state index in [1.54, 1.807) is 0 Å². The molecule has 0 spiro atoms. The average molecular weight is 277 g/mol. The van der Waals surface area contributed by atoms with Gasteiger partial charge < -0.3 is 4.74 Å². The molecule has 1 aliphatic rings. The van der Waals surface area contributed by atoms with Crippen molar-refractivity contribution in [1.29, 1.82) is 0 Å². The van der Waals surface area contributed by atoms with E-state index in [9.17, 15) is 4.79 Å². The minimum Gasteiger partial charge on any atom is -0.466 e. The molecular weight excluding hydrogens is 256 g/mol. The Labute approximate surface area is 101 Å². The monoisotopic (exact) mass is 276 g/mol. The fourth-order valence-corrected chi connectivity index (χ4v) is 2.95. The zero-order valence-electron chi connectivity index (χ0n) is 9.51. The molecule has 2 unspecified atom stereocenters. The first-order valence-corrected chi connectivity index (χ1v) is 6.95. The number of carbonyl (C=O) groups is 1. The molecule has 88 valence electrons. The van der Waals surface area contributed by atoms with E-state index in [2.05, 4.69) is 15.9 Å². The highest BCUT2D eigenvalue weighted by molar-refractivity contribution is 9.09. The summed E-state index contributed by atoms with van der Waals surface area (Å²) in [7, 11) is 0. The van der Waals surface area contributed by atoms with Gasteiger partial charge >= 0.3 is 5.97 Å². The van der Waals surface area contributed by atoms with Crippen LogP contribution in [0.5, 0.6) is 0 Å². The van der Waals surface area contributed by atoms with Gasteiger partial charge in [0.25, 0.3) is 0 Å². The van der Waals surface area contributed by atoms with Gasteiger partial charge in [-0.05, 0) is 25.7 Å². The molecule has 1 rings (SSSR count). The molecule has 0 radical (unpaired) electrons. The van der Waals surface area contributed by atoms with Gasteiger partial charge in [0.15, 0.2) is 0 Å². The molecule has 0 aromatic rings. The van der Waals surface area contributed by atoms with Crippen molar-refractivity contribution in [2.24, 2.45) is 5.92 Å². The van der Waals surface area contributed by atoms with E-state index in [4.69, 9.17) is 4.74 Å². The molecule has 1 fully saturated rings. The minimum atomic E-state index is -0.0347. The third-order valence-electron chi connectivity index (χ3n) is 3.05. The molecule has 0 aromatic carbocycles. The normalized spacial score (nSPS) is 27.9. The Morgan fingerprint density at radius 1 is 1.27 bits per heavy atom. The second kappa shape index (κ2) is 7.26. The Morgan fingerprint density at radius 2 is 1.93 bits per heavy atom. The molecular formula is C12H21BrO2. The summed E-state index contributed by atoms with van der Waals surface area (Å²) in [5, 5.41) is 0. The van der Waals surface area contributed by atoms with Crippen LogP contribution in [0.2, 0.25) is 0 Å². The minimum absolute atomic E-state index is 0.0347. The Kier molecular flexibility index (Phi) is 6.30. The number of carbonyl (C=O) groups excluding carboxylic acids is 1. The summed E-state index contributed by atoms with van der Waals surface area (Å²) in [4.78, 5) is 11.9. The van der Waals surface area contributed by atoms with E-state index >= 15 is 0 Å². The highest BCUT2D eigenvalue weighted by Gasteiger charge is 2.23. The van der Waals surface area contributed by atoms with Gasteiger partial charge in [-0.3, -0.25) is 4.79 Å². The van der Waals surface area contributed by atoms with Crippen LogP contribution in [0.15, 0.2) is 0 Å². The van der Waals surface area contributed by atoms with E-state index in [1.165, 1.54) is 32.1 Å². The fraction of sp³-hybridized carbons (Fsp3) is 0.917. The standard InChI is InChI=1S/C12H21BrO2/c1-2-15-12(14)9-10-7-5-3-4-6-8-11(10)13/h10-11H,2-9H2,1H3. The van der Waals surface area contributed by atoms with Crippen LogP contribution in [0, 0.1) is 5.92 Å². The van der Waals surface area contributed by atoms with E-state index < -0.39 is 0 Å². The van der Waals surface area contributed by atoms with Gasteiger partial charge in [-0.15, -0.1) is 0 Å². The van der Waals surface area contributed by atoms with Crippen LogP contribution in [0.4, 0.5) is 0 Å². The van der Waals surface area contributed by atoms with E-state index in [-0.39, 0.29) is 5.97 Å². The third kappa shape index (κ3) is 5.01. The quantitative estimate of drug-likeness (QED) is 0.581. The van der Waals surface area contributed by atoms with Crippen molar-refractivity contribution in [3.05, 3.63) is 0 Å². The summed E-state index contributed by atoms with van der Waals surface area (Å²) in [6.45, 7) is 2.36. The molecule has 15 heavy (non-hydrogen) atoms. The lowest BCUT2D eigenvalue weighted by molar-refractivity contribution is -0.144. The molecule has 0 bridgehead atoms. The first-order valence-electron chi connectivity index (χ1n) is 6.03. The van der Waals surface area contributed by atoms with Crippen molar-refractivity contribution in [3.63, 3.8) is 0 Å². The van der Waals surface area contributed by atoms with Gasteiger partial charge in [0.1, 0.15) is 0 Å². The summed E-state index contributed by atoms with van der Waals surface area (Å²) >= 11 is 3.71. The van der Waals surface area contributed by atoms with Crippen LogP contribution in [0.25, 0.3) is 0 Å². The number of hydrogen-bond donors (Lipinski definition) is 0. The largest absolute Gasteiger partial charge is 0.466 e. The van der Waals surface area contributed by atoms with Gasteiger partial charge in [0, 0.05) is 11.2 Å². The Morgan fingerprint density at radius 3 is 2.60 bits per heavy atom. The Bertz CT molecular complexity index is 194. The molecule has 0 N–H and O–H groups in total. The average Bonchev–Trinajstić information content (AvgIpc) is 2.18. The number of halogens is 1. The lowest BCUT2D eigenvalue weighted by Gasteiger charge is -2.24. The number of hydrogen-bond acceptors (Lipinski definition) is 2. The molecule has 0 amide bonds. The molecule has 2 nitrogen and oxygen atoms in total. The van der Waals surface area contributed by atoms with Gasteiger partial charge in [-0.1, -0.05) is 41.6 Å². The first-order chi connectivity index (χ1) is 7.24. The lowest BCUT2D eigenvalue weighted by atomic mass is 9.89. The van der Waals surface area contributed by atoms with Crippen LogP contribution in [-0.2, 0) is 9.53 Å². The lowest BCUT2D eigenvalue weighted by Crippen LogP contribution is -2.21. The van der Waals surface area contributed by atoms with Gasteiger partial charge in [-0.25, -0.2) is 0 Å². The van der Waals surface area contributed by atoms with Crippen molar-refractivity contribution in [2.45, 2.75) is 56.7 Å². The van der Waals surface area contributed by atoms with Crippen molar-refractivity contribution < 1.29 is 9.53 Å². The van der Waals surface area contributed by atoms with Gasteiger partial charge in [0.2, 0.25) is 0 Å². The highest BCUT2D eigenvalue weighted by Crippen LogP contribution is 2.30. The number of esters is 1. The van der Waals surface area contributed by atoms with E-state index in [1.807, 2.05) is 6.92 Å². The topological polar surface area (TPSA) is 26.3 Å². The SMILES string of the molecule is CCOC(=O)CC1CCCCCCC1Br. The zero-order chi connectivity index (χ0) is 11.1. The predicted octanol–water partition coefficient (Wildman–Crippen LogP) is 3.67. The Balaban J connectivity index is 2.37. The molecule has 0 aromatic heterocycles. The highest BCUT2D eigenvalue weighted by atomic mass is 79.9. The maximum atomic E-state index is 11.4. The van der Waals surface area contributed by atoms with Crippen LogP contribution in [0.3, 0.4) is 0 Å². The maximum absolute atomic E-state index is 11.4. The number of rotatable bonds is 3. The van der Waals surface area contributed by atoms with Crippen molar-refractivity contribution in [1.82, 2.24) is 0 Å². The summed E-state index contributed by atoms with van der Waals surface area (Å²) < 4.78 is 5.01. The van der Waals surface area contributed by atoms with Gasteiger partial charge in [-0.2, -0.15) is 0 Å². The molecule has 1 aliphatic carbocycles. The van der Waals surface area contributed by atoms with Crippen LogP contribution in [0.1, 0.15) is 51.9 Å². The van der Waals surface area contributed by atoms with E-state index in [0.717, 1.165) is 6.42 Å². The maximum Gasteiger partial charge on any atom is 0.306 e. The smallest absolute Gasteiger partial charge is 0.306 e. The second-order valence-electron chi connectivity index (χ2n) is 4.28. The summed E-state index contributed by atoms with van der Waals surface area (Å²) in [6.07, 6.45) is 8.15. The molecule has 0 heterocycles. The van der Waals surface area contributed by atoms with Crippen molar-refractivity contribution in [2.75, 3.05) is 6.61 Å². The zero-order valence-corrected chi connectivity index (χ0v) is 11.1. The Hall–Kier alpha value is -0.0500. The van der Waals surface area contributed by atoms with Crippen LogP contribution >= 0.6 is 15.9 Å². The fourth-order valence-electron chi connectivity index (χ4n) is 2.18. The number of alkyl halides is 1. The van der Waals surface area contributed by atoms with Gasteiger partial charge in [0.05, 0.1) is 6.61 Å². The van der Waals surface area contributed by atoms with E-state index in [0.29, 0.717) is 23.8 Å². The van der Waals surface area contributed by atoms with Crippen LogP contribution < -0.4 is 0 Å².